The van der Waals surface area contributed by atoms with Gasteiger partial charge >= 0.3 is 5.97 Å². The third kappa shape index (κ3) is 7.56. The van der Waals surface area contributed by atoms with Crippen molar-refractivity contribution in [2.24, 2.45) is 5.92 Å². The number of carbonyl (C=O) groups is 3. The Labute approximate surface area is 164 Å². The van der Waals surface area contributed by atoms with Gasteiger partial charge in [-0.3, -0.25) is 9.59 Å². The number of aliphatic carboxylic acids is 1. The average molecular weight is 397 g/mol. The number of aromatic nitrogens is 1. The van der Waals surface area contributed by atoms with Gasteiger partial charge in [0.1, 0.15) is 17.8 Å². The summed E-state index contributed by atoms with van der Waals surface area (Å²) in [5.74, 6) is -2.41. The van der Waals surface area contributed by atoms with Crippen molar-refractivity contribution in [2.45, 2.75) is 58.1 Å². The van der Waals surface area contributed by atoms with Crippen LogP contribution in [0.5, 0.6) is 0 Å². The van der Waals surface area contributed by atoms with Gasteiger partial charge in [-0.2, -0.15) is 12.6 Å². The van der Waals surface area contributed by atoms with Gasteiger partial charge in [-0.05, 0) is 31.4 Å². The number of carboxylic acids is 1. The molecule has 150 valence electrons. The minimum Gasteiger partial charge on any atom is -0.480 e. The van der Waals surface area contributed by atoms with Gasteiger partial charge in [0.25, 0.3) is 5.91 Å². The van der Waals surface area contributed by atoms with Crippen molar-refractivity contribution in [3.05, 3.63) is 29.6 Å². The topological polar surface area (TPSA) is 120 Å². The third-order valence-corrected chi connectivity index (χ3v) is 4.06. The number of carboxylic acid groups (broad SMARTS) is 1. The molecule has 0 aromatic carbocycles. The molecule has 1 rings (SSSR count). The SMILES string of the molecule is CCC(NC(=O)c1cccc(CNC(C)S)n1)C(=O)N[C@H](C(=O)O)C(C)C. The fraction of sp³-hybridized carbons (Fsp3) is 0.556. The molecule has 1 aromatic heterocycles. The molecule has 0 saturated carbocycles. The molecule has 2 amide bonds. The molecule has 9 heteroatoms. The van der Waals surface area contributed by atoms with E-state index in [1.54, 1.807) is 39.0 Å². The number of hydrogen-bond donors (Lipinski definition) is 5. The van der Waals surface area contributed by atoms with Crippen LogP contribution in [0, 0.1) is 5.92 Å². The summed E-state index contributed by atoms with van der Waals surface area (Å²) < 4.78 is 0. The highest BCUT2D eigenvalue weighted by molar-refractivity contribution is 7.80. The Morgan fingerprint density at radius 1 is 1.19 bits per heavy atom. The predicted molar refractivity (Wildman–Crippen MR) is 105 cm³/mol. The van der Waals surface area contributed by atoms with Gasteiger partial charge in [0.2, 0.25) is 5.91 Å². The van der Waals surface area contributed by atoms with Crippen molar-refractivity contribution in [1.29, 1.82) is 0 Å². The number of carbonyl (C=O) groups excluding carboxylic acids is 2. The lowest BCUT2D eigenvalue weighted by molar-refractivity contribution is -0.143. The summed E-state index contributed by atoms with van der Waals surface area (Å²) in [6.45, 7) is 7.48. The molecule has 0 saturated heterocycles. The van der Waals surface area contributed by atoms with Crippen LogP contribution < -0.4 is 16.0 Å². The first kappa shape index (κ1) is 22.9. The van der Waals surface area contributed by atoms with Crippen LogP contribution in [0.15, 0.2) is 18.2 Å². The van der Waals surface area contributed by atoms with Gasteiger partial charge in [0.05, 0.1) is 5.69 Å². The number of amides is 2. The van der Waals surface area contributed by atoms with Gasteiger partial charge < -0.3 is 21.1 Å². The molecule has 0 bridgehead atoms. The summed E-state index contributed by atoms with van der Waals surface area (Å²) in [4.78, 5) is 40.4. The van der Waals surface area contributed by atoms with Crippen molar-refractivity contribution in [3.63, 3.8) is 0 Å². The Bertz CT molecular complexity index is 667. The van der Waals surface area contributed by atoms with Crippen LogP contribution in [0.4, 0.5) is 0 Å². The van der Waals surface area contributed by atoms with E-state index >= 15 is 0 Å². The Morgan fingerprint density at radius 2 is 1.85 bits per heavy atom. The van der Waals surface area contributed by atoms with E-state index in [0.29, 0.717) is 18.7 Å². The number of rotatable bonds is 10. The monoisotopic (exact) mass is 396 g/mol. The van der Waals surface area contributed by atoms with E-state index in [2.05, 4.69) is 33.6 Å². The highest BCUT2D eigenvalue weighted by Gasteiger charge is 2.28. The highest BCUT2D eigenvalue weighted by Crippen LogP contribution is 2.05. The summed E-state index contributed by atoms with van der Waals surface area (Å²) in [6.07, 6.45) is 0.320. The maximum atomic E-state index is 12.5. The second-order valence-corrected chi connectivity index (χ2v) is 7.35. The second-order valence-electron chi connectivity index (χ2n) is 6.57. The summed E-state index contributed by atoms with van der Waals surface area (Å²) in [7, 11) is 0. The smallest absolute Gasteiger partial charge is 0.326 e. The van der Waals surface area contributed by atoms with E-state index in [1.807, 2.05) is 6.92 Å². The zero-order valence-corrected chi connectivity index (χ0v) is 16.9. The quantitative estimate of drug-likeness (QED) is 0.299. The summed E-state index contributed by atoms with van der Waals surface area (Å²) in [5, 5.41) is 17.4. The molecule has 0 aliphatic carbocycles. The Hall–Kier alpha value is -2.13. The van der Waals surface area contributed by atoms with E-state index in [1.165, 1.54) is 0 Å². The molecule has 3 atom stereocenters. The van der Waals surface area contributed by atoms with E-state index in [9.17, 15) is 19.5 Å². The Morgan fingerprint density at radius 3 is 2.37 bits per heavy atom. The van der Waals surface area contributed by atoms with Gasteiger partial charge in [0, 0.05) is 11.9 Å². The summed E-state index contributed by atoms with van der Waals surface area (Å²) in [6, 6.07) is 3.19. The zero-order chi connectivity index (χ0) is 20.6. The fourth-order valence-corrected chi connectivity index (χ4v) is 2.40. The minimum atomic E-state index is -1.11. The first-order valence-electron chi connectivity index (χ1n) is 8.87. The van der Waals surface area contributed by atoms with Gasteiger partial charge in [-0.15, -0.1) is 0 Å². The van der Waals surface area contributed by atoms with Crippen molar-refractivity contribution < 1.29 is 19.5 Å². The minimum absolute atomic E-state index is 0.0133. The highest BCUT2D eigenvalue weighted by atomic mass is 32.1. The second kappa shape index (κ2) is 10.9. The fourth-order valence-electron chi connectivity index (χ4n) is 2.31. The first-order chi connectivity index (χ1) is 12.6. The van der Waals surface area contributed by atoms with Crippen LogP contribution in [-0.4, -0.2) is 45.3 Å². The van der Waals surface area contributed by atoms with E-state index < -0.39 is 29.9 Å². The van der Waals surface area contributed by atoms with Crippen molar-refractivity contribution in [1.82, 2.24) is 20.9 Å². The van der Waals surface area contributed by atoms with Gasteiger partial charge in [-0.25, -0.2) is 9.78 Å². The van der Waals surface area contributed by atoms with Crippen LogP contribution >= 0.6 is 12.6 Å². The lowest BCUT2D eigenvalue weighted by Gasteiger charge is -2.22. The molecular weight excluding hydrogens is 368 g/mol. The van der Waals surface area contributed by atoms with Crippen LogP contribution in [-0.2, 0) is 16.1 Å². The van der Waals surface area contributed by atoms with Crippen molar-refractivity contribution in [3.8, 4) is 0 Å². The molecule has 0 spiro atoms. The number of pyridine rings is 1. The number of nitrogens with zero attached hydrogens (tertiary/aromatic N) is 1. The lowest BCUT2D eigenvalue weighted by Crippen LogP contribution is -2.53. The molecule has 27 heavy (non-hydrogen) atoms. The molecule has 0 aliphatic heterocycles. The Balaban J connectivity index is 2.79. The van der Waals surface area contributed by atoms with E-state index in [4.69, 9.17) is 0 Å². The predicted octanol–water partition coefficient (Wildman–Crippen LogP) is 1.18. The standard InChI is InChI=1S/C18H28N4O4S/c1-5-13(16(23)22-15(10(2)3)18(25)26)21-17(24)14-8-6-7-12(20-14)9-19-11(4)27/h6-8,10-11,13,15,19,27H,5,9H2,1-4H3,(H,21,24)(H,22,23)(H,25,26)/t11?,13?,15-/m0/s1. The van der Waals surface area contributed by atoms with Gasteiger partial charge in [-0.1, -0.05) is 26.8 Å². The normalized spacial score (nSPS) is 14.3. The maximum Gasteiger partial charge on any atom is 0.326 e. The number of nitrogens with one attached hydrogen (secondary N) is 3. The van der Waals surface area contributed by atoms with Crippen LogP contribution in [0.1, 0.15) is 50.3 Å². The lowest BCUT2D eigenvalue weighted by atomic mass is 10.0. The summed E-state index contributed by atoms with van der Waals surface area (Å²) >= 11 is 4.23. The first-order valence-corrected chi connectivity index (χ1v) is 9.38. The van der Waals surface area contributed by atoms with E-state index in [-0.39, 0.29) is 17.0 Å². The molecule has 1 aromatic rings. The zero-order valence-electron chi connectivity index (χ0n) is 16.0. The summed E-state index contributed by atoms with van der Waals surface area (Å²) in [5.41, 5.74) is 0.859. The molecular formula is C18H28N4O4S. The molecule has 2 unspecified atom stereocenters. The van der Waals surface area contributed by atoms with Crippen LogP contribution in [0.2, 0.25) is 0 Å². The molecule has 0 radical (unpaired) electrons. The van der Waals surface area contributed by atoms with Crippen molar-refractivity contribution in [2.75, 3.05) is 0 Å². The Kier molecular flexibility index (Phi) is 9.23. The molecule has 0 fully saturated rings. The molecule has 8 nitrogen and oxygen atoms in total. The molecule has 4 N–H and O–H groups in total. The third-order valence-electron chi connectivity index (χ3n) is 3.88. The van der Waals surface area contributed by atoms with Gasteiger partial charge in [0.15, 0.2) is 0 Å². The van der Waals surface area contributed by atoms with E-state index in [0.717, 1.165) is 0 Å². The van der Waals surface area contributed by atoms with Crippen molar-refractivity contribution >= 4 is 30.4 Å². The maximum absolute atomic E-state index is 12.5. The average Bonchev–Trinajstić information content (AvgIpc) is 2.61. The molecule has 1 heterocycles. The van der Waals surface area contributed by atoms with Crippen LogP contribution in [0.3, 0.4) is 0 Å². The largest absolute Gasteiger partial charge is 0.480 e. The molecule has 0 aliphatic rings. The number of thiol groups is 1. The number of hydrogen-bond acceptors (Lipinski definition) is 6. The van der Waals surface area contributed by atoms with Crippen LogP contribution in [0.25, 0.3) is 0 Å².